The molecule has 8 nitrogen and oxygen atoms in total. The Kier molecular flexibility index (Phi) is 4.86. The number of halogens is 1. The summed E-state index contributed by atoms with van der Waals surface area (Å²) in [6, 6.07) is 7.15. The van der Waals surface area contributed by atoms with Gasteiger partial charge in [0.15, 0.2) is 4.96 Å². The zero-order valence-corrected chi connectivity index (χ0v) is 17.2. The molecule has 3 heterocycles. The van der Waals surface area contributed by atoms with E-state index in [0.717, 1.165) is 21.9 Å². The number of fused-ring (bicyclic) bond motifs is 1. The van der Waals surface area contributed by atoms with E-state index in [1.807, 2.05) is 36.6 Å². The largest absolute Gasteiger partial charge is 0.338 e. The van der Waals surface area contributed by atoms with Gasteiger partial charge in [0, 0.05) is 28.7 Å². The van der Waals surface area contributed by atoms with Crippen molar-refractivity contribution < 1.29 is 4.79 Å². The maximum Gasteiger partial charge on any atom is 0.246 e. The highest BCUT2D eigenvalue weighted by atomic mass is 35.5. The number of aromatic nitrogens is 6. The minimum Gasteiger partial charge on any atom is -0.338 e. The quantitative estimate of drug-likeness (QED) is 0.500. The molecule has 0 radical (unpaired) electrons. The topological polar surface area (TPSA) is 81.2 Å². The molecule has 0 aliphatic heterocycles. The van der Waals surface area contributed by atoms with Gasteiger partial charge in [-0.3, -0.25) is 9.20 Å². The van der Waals surface area contributed by atoms with Gasteiger partial charge in [-0.15, -0.1) is 21.5 Å². The number of carbonyl (C=O) groups is 1. The van der Waals surface area contributed by atoms with Gasteiger partial charge in [-0.25, -0.2) is 4.98 Å². The van der Waals surface area contributed by atoms with Gasteiger partial charge in [0.2, 0.25) is 11.7 Å². The number of amides is 1. The number of thiazole rings is 1. The third-order valence-corrected chi connectivity index (χ3v) is 5.54. The predicted octanol–water partition coefficient (Wildman–Crippen LogP) is 2.98. The van der Waals surface area contributed by atoms with Gasteiger partial charge in [-0.05, 0) is 43.3 Å². The first-order valence-electron chi connectivity index (χ1n) is 8.62. The molecule has 0 saturated heterocycles. The molecule has 4 rings (SSSR count). The standard InChI is InChI=1S/C18H18ClN7OS/c1-11-8-25-15(12(2)20-18(25)28-11)9-24(3)16(27)10-26-22-17(21-23-26)13-4-6-14(19)7-5-13/h4-8H,9-10H2,1-3H3. The summed E-state index contributed by atoms with van der Waals surface area (Å²) in [6.07, 6.45) is 2.05. The van der Waals surface area contributed by atoms with Gasteiger partial charge < -0.3 is 4.90 Å². The van der Waals surface area contributed by atoms with Gasteiger partial charge in [-0.1, -0.05) is 11.6 Å². The minimum atomic E-state index is -0.110. The van der Waals surface area contributed by atoms with Crippen molar-refractivity contribution in [2.24, 2.45) is 0 Å². The maximum absolute atomic E-state index is 12.6. The molecule has 1 aromatic carbocycles. The molecule has 1 amide bonds. The normalized spacial score (nSPS) is 11.3. The average Bonchev–Trinajstić information content (AvgIpc) is 3.32. The van der Waals surface area contributed by atoms with Gasteiger partial charge in [-0.2, -0.15) is 4.80 Å². The molecular weight excluding hydrogens is 398 g/mol. The van der Waals surface area contributed by atoms with Crippen LogP contribution < -0.4 is 0 Å². The van der Waals surface area contributed by atoms with E-state index < -0.39 is 0 Å². The van der Waals surface area contributed by atoms with E-state index in [0.29, 0.717) is 17.4 Å². The summed E-state index contributed by atoms with van der Waals surface area (Å²) in [5.74, 6) is 0.343. The summed E-state index contributed by atoms with van der Waals surface area (Å²) in [5.41, 5.74) is 2.72. The van der Waals surface area contributed by atoms with Crippen molar-refractivity contribution in [3.8, 4) is 11.4 Å². The van der Waals surface area contributed by atoms with Crippen LogP contribution in [0, 0.1) is 13.8 Å². The molecule has 0 aliphatic carbocycles. The SMILES string of the molecule is Cc1cn2c(CN(C)C(=O)Cn3nnc(-c4ccc(Cl)cc4)n3)c(C)nc2s1. The molecule has 0 atom stereocenters. The Labute approximate surface area is 170 Å². The molecule has 0 aliphatic rings. The fourth-order valence-corrected chi connectivity index (χ4v) is 3.89. The Morgan fingerprint density at radius 3 is 2.75 bits per heavy atom. The van der Waals surface area contributed by atoms with Crippen molar-refractivity contribution in [3.05, 3.63) is 51.7 Å². The maximum atomic E-state index is 12.6. The fourth-order valence-electron chi connectivity index (χ4n) is 2.88. The van der Waals surface area contributed by atoms with Crippen LogP contribution in [-0.2, 0) is 17.9 Å². The number of carbonyl (C=O) groups excluding carboxylic acids is 1. The monoisotopic (exact) mass is 415 g/mol. The highest BCUT2D eigenvalue weighted by Gasteiger charge is 2.18. The molecule has 0 bridgehead atoms. The van der Waals surface area contributed by atoms with E-state index in [2.05, 4.69) is 20.4 Å². The molecule has 0 fully saturated rings. The van der Waals surface area contributed by atoms with Crippen molar-refractivity contribution in [2.45, 2.75) is 26.9 Å². The molecule has 0 spiro atoms. The smallest absolute Gasteiger partial charge is 0.246 e. The van der Waals surface area contributed by atoms with E-state index in [1.165, 1.54) is 9.67 Å². The van der Waals surface area contributed by atoms with Crippen LogP contribution in [0.2, 0.25) is 5.02 Å². The molecule has 144 valence electrons. The van der Waals surface area contributed by atoms with Crippen LogP contribution >= 0.6 is 22.9 Å². The summed E-state index contributed by atoms with van der Waals surface area (Å²) in [5, 5.41) is 12.9. The van der Waals surface area contributed by atoms with Crippen LogP contribution in [0.3, 0.4) is 0 Å². The number of aryl methyl sites for hydroxylation is 2. The second-order valence-electron chi connectivity index (χ2n) is 6.54. The molecule has 0 unspecified atom stereocenters. The summed E-state index contributed by atoms with van der Waals surface area (Å²) >= 11 is 7.53. The van der Waals surface area contributed by atoms with Gasteiger partial charge in [0.1, 0.15) is 6.54 Å². The zero-order chi connectivity index (χ0) is 19.8. The summed E-state index contributed by atoms with van der Waals surface area (Å²) in [6.45, 7) is 4.48. The minimum absolute atomic E-state index is 0.0146. The van der Waals surface area contributed by atoms with Crippen LogP contribution in [0.5, 0.6) is 0 Å². The van der Waals surface area contributed by atoms with Gasteiger partial charge in [0.25, 0.3) is 0 Å². The van der Waals surface area contributed by atoms with E-state index in [-0.39, 0.29) is 12.5 Å². The molecule has 4 aromatic rings. The molecule has 0 saturated carbocycles. The van der Waals surface area contributed by atoms with Crippen LogP contribution in [0.4, 0.5) is 0 Å². The fraction of sp³-hybridized carbons (Fsp3) is 0.278. The Morgan fingerprint density at radius 2 is 2.00 bits per heavy atom. The molecule has 3 aromatic heterocycles. The number of benzene rings is 1. The summed E-state index contributed by atoms with van der Waals surface area (Å²) in [4.78, 5) is 22.3. The first kappa shape index (κ1) is 18.6. The summed E-state index contributed by atoms with van der Waals surface area (Å²) in [7, 11) is 1.76. The molecular formula is C18H18ClN7OS. The van der Waals surface area contributed by atoms with Crippen LogP contribution in [0.15, 0.2) is 30.5 Å². The van der Waals surface area contributed by atoms with Crippen molar-refractivity contribution in [3.63, 3.8) is 0 Å². The molecule has 28 heavy (non-hydrogen) atoms. The third-order valence-electron chi connectivity index (χ3n) is 4.39. The highest BCUT2D eigenvalue weighted by molar-refractivity contribution is 7.17. The number of hydrogen-bond donors (Lipinski definition) is 0. The van der Waals surface area contributed by atoms with Crippen LogP contribution in [0.25, 0.3) is 16.3 Å². The van der Waals surface area contributed by atoms with Crippen molar-refractivity contribution >= 4 is 33.8 Å². The number of nitrogens with zero attached hydrogens (tertiary/aromatic N) is 7. The first-order valence-corrected chi connectivity index (χ1v) is 9.82. The van der Waals surface area contributed by atoms with Gasteiger partial charge >= 0.3 is 0 Å². The van der Waals surface area contributed by atoms with E-state index in [9.17, 15) is 4.79 Å². The number of tetrazole rings is 1. The molecule has 10 heteroatoms. The Bertz CT molecular complexity index is 1140. The second-order valence-corrected chi connectivity index (χ2v) is 8.19. The zero-order valence-electron chi connectivity index (χ0n) is 15.6. The molecule has 0 N–H and O–H groups in total. The van der Waals surface area contributed by atoms with Crippen molar-refractivity contribution in [1.29, 1.82) is 0 Å². The van der Waals surface area contributed by atoms with Crippen molar-refractivity contribution in [2.75, 3.05) is 7.05 Å². The highest BCUT2D eigenvalue weighted by Crippen LogP contribution is 2.21. The average molecular weight is 416 g/mol. The number of imidazole rings is 1. The second kappa shape index (κ2) is 7.33. The number of likely N-dealkylation sites (N-methyl/N-ethyl adjacent to an activating group) is 1. The summed E-state index contributed by atoms with van der Waals surface area (Å²) < 4.78 is 2.05. The van der Waals surface area contributed by atoms with Gasteiger partial charge in [0.05, 0.1) is 17.9 Å². The van der Waals surface area contributed by atoms with Crippen molar-refractivity contribution in [1.82, 2.24) is 34.5 Å². The van der Waals surface area contributed by atoms with E-state index in [1.54, 1.807) is 35.4 Å². The lowest BCUT2D eigenvalue weighted by Crippen LogP contribution is -2.31. The lowest BCUT2D eigenvalue weighted by Gasteiger charge is -2.16. The predicted molar refractivity (Wildman–Crippen MR) is 107 cm³/mol. The Balaban J connectivity index is 1.46. The number of hydrogen-bond acceptors (Lipinski definition) is 6. The van der Waals surface area contributed by atoms with Crippen LogP contribution in [-0.4, -0.2) is 47.4 Å². The lowest BCUT2D eigenvalue weighted by molar-refractivity contribution is -0.131. The Hall–Kier alpha value is -2.78. The van der Waals surface area contributed by atoms with Crippen LogP contribution in [0.1, 0.15) is 16.3 Å². The first-order chi connectivity index (χ1) is 13.4. The third kappa shape index (κ3) is 3.63. The Morgan fingerprint density at radius 1 is 1.25 bits per heavy atom. The van der Waals surface area contributed by atoms with E-state index in [4.69, 9.17) is 11.6 Å². The number of rotatable bonds is 5. The lowest BCUT2D eigenvalue weighted by atomic mass is 10.2. The van der Waals surface area contributed by atoms with E-state index >= 15 is 0 Å².